The highest BCUT2D eigenvalue weighted by Crippen LogP contribution is 2.19. The number of nitrogens with one attached hydrogen (secondary N) is 1. The summed E-state index contributed by atoms with van der Waals surface area (Å²) in [4.78, 5) is 4.33. The molecule has 2 aromatic rings. The summed E-state index contributed by atoms with van der Waals surface area (Å²) >= 11 is 3.43. The highest BCUT2D eigenvalue weighted by molar-refractivity contribution is 9.10. The van der Waals surface area contributed by atoms with Gasteiger partial charge in [-0.25, -0.2) is 4.98 Å². The molecule has 1 heterocycles. The summed E-state index contributed by atoms with van der Waals surface area (Å²) < 4.78 is 0.911. The van der Waals surface area contributed by atoms with E-state index in [2.05, 4.69) is 76.5 Å². The molecule has 1 unspecified atom stereocenters. The van der Waals surface area contributed by atoms with Crippen molar-refractivity contribution in [3.63, 3.8) is 0 Å². The van der Waals surface area contributed by atoms with Crippen molar-refractivity contribution in [3.8, 4) is 0 Å². The van der Waals surface area contributed by atoms with Crippen molar-refractivity contribution in [3.05, 3.63) is 58.3 Å². The SMILES string of the molecule is CCC(Cc1ccccc1)Nc1cnc(Br)c(C)c1. The van der Waals surface area contributed by atoms with Gasteiger partial charge in [0.2, 0.25) is 0 Å². The van der Waals surface area contributed by atoms with Crippen LogP contribution < -0.4 is 5.32 Å². The minimum absolute atomic E-state index is 0.435. The average Bonchev–Trinajstić information content (AvgIpc) is 2.43. The van der Waals surface area contributed by atoms with Crippen molar-refractivity contribution in [2.24, 2.45) is 0 Å². The van der Waals surface area contributed by atoms with Crippen LogP contribution in [-0.4, -0.2) is 11.0 Å². The molecule has 2 nitrogen and oxygen atoms in total. The lowest BCUT2D eigenvalue weighted by molar-refractivity contribution is 0.690. The maximum atomic E-state index is 4.33. The molecular formula is C16H19BrN2. The molecule has 19 heavy (non-hydrogen) atoms. The van der Waals surface area contributed by atoms with Gasteiger partial charge in [0.1, 0.15) is 4.60 Å². The predicted molar refractivity (Wildman–Crippen MR) is 84.5 cm³/mol. The number of aryl methyl sites for hydroxylation is 1. The minimum Gasteiger partial charge on any atom is -0.381 e. The summed E-state index contributed by atoms with van der Waals surface area (Å²) in [5.41, 5.74) is 3.60. The van der Waals surface area contributed by atoms with E-state index in [0.29, 0.717) is 6.04 Å². The molecule has 0 aliphatic rings. The Hall–Kier alpha value is -1.35. The summed E-state index contributed by atoms with van der Waals surface area (Å²) in [5.74, 6) is 0. The lowest BCUT2D eigenvalue weighted by atomic mass is 10.0. The summed E-state index contributed by atoms with van der Waals surface area (Å²) in [6.45, 7) is 4.26. The molecule has 1 aromatic carbocycles. The van der Waals surface area contributed by atoms with E-state index in [-0.39, 0.29) is 0 Å². The lowest BCUT2D eigenvalue weighted by Crippen LogP contribution is -2.21. The Morgan fingerprint density at radius 1 is 1.26 bits per heavy atom. The van der Waals surface area contributed by atoms with E-state index in [1.807, 2.05) is 6.20 Å². The highest BCUT2D eigenvalue weighted by atomic mass is 79.9. The van der Waals surface area contributed by atoms with Crippen LogP contribution in [0.2, 0.25) is 0 Å². The molecular weight excluding hydrogens is 300 g/mol. The smallest absolute Gasteiger partial charge is 0.109 e. The Labute approximate surface area is 123 Å². The molecule has 0 saturated carbocycles. The molecule has 0 saturated heterocycles. The quantitative estimate of drug-likeness (QED) is 0.816. The fourth-order valence-corrected chi connectivity index (χ4v) is 2.29. The van der Waals surface area contributed by atoms with Crippen LogP contribution in [0.5, 0.6) is 0 Å². The Kier molecular flexibility index (Phi) is 4.97. The van der Waals surface area contributed by atoms with E-state index in [4.69, 9.17) is 0 Å². The van der Waals surface area contributed by atoms with E-state index in [1.54, 1.807) is 0 Å². The normalized spacial score (nSPS) is 12.2. The zero-order valence-corrected chi connectivity index (χ0v) is 12.9. The van der Waals surface area contributed by atoms with Crippen LogP contribution in [-0.2, 0) is 6.42 Å². The maximum Gasteiger partial charge on any atom is 0.109 e. The van der Waals surface area contributed by atoms with Crippen LogP contribution in [0, 0.1) is 6.92 Å². The standard InChI is InChI=1S/C16H19BrN2/c1-3-14(10-13-7-5-4-6-8-13)19-15-9-12(2)16(17)18-11-15/h4-9,11,14,19H,3,10H2,1-2H3. The van der Waals surface area contributed by atoms with E-state index in [1.165, 1.54) is 5.56 Å². The number of rotatable bonds is 5. The Morgan fingerprint density at radius 3 is 2.63 bits per heavy atom. The van der Waals surface area contributed by atoms with Gasteiger partial charge in [-0.15, -0.1) is 0 Å². The van der Waals surface area contributed by atoms with Crippen LogP contribution in [0.3, 0.4) is 0 Å². The van der Waals surface area contributed by atoms with Crippen molar-refractivity contribution in [2.45, 2.75) is 32.7 Å². The number of hydrogen-bond donors (Lipinski definition) is 1. The van der Waals surface area contributed by atoms with Gasteiger partial charge < -0.3 is 5.32 Å². The van der Waals surface area contributed by atoms with Crippen molar-refractivity contribution in [2.75, 3.05) is 5.32 Å². The van der Waals surface area contributed by atoms with Crippen LogP contribution >= 0.6 is 15.9 Å². The monoisotopic (exact) mass is 318 g/mol. The summed E-state index contributed by atoms with van der Waals surface area (Å²) in [6.07, 6.45) is 4.00. The fraction of sp³-hybridized carbons (Fsp3) is 0.312. The van der Waals surface area contributed by atoms with Gasteiger partial charge in [0.25, 0.3) is 0 Å². The van der Waals surface area contributed by atoms with Crippen molar-refractivity contribution >= 4 is 21.6 Å². The molecule has 0 fully saturated rings. The van der Waals surface area contributed by atoms with Gasteiger partial charge in [0, 0.05) is 6.04 Å². The predicted octanol–water partition coefficient (Wildman–Crippen LogP) is 4.59. The second-order valence-electron chi connectivity index (χ2n) is 4.77. The van der Waals surface area contributed by atoms with E-state index < -0.39 is 0 Å². The zero-order valence-electron chi connectivity index (χ0n) is 11.4. The van der Waals surface area contributed by atoms with Gasteiger partial charge in [0.05, 0.1) is 11.9 Å². The van der Waals surface area contributed by atoms with Gasteiger partial charge in [-0.3, -0.25) is 0 Å². The van der Waals surface area contributed by atoms with Gasteiger partial charge in [-0.2, -0.15) is 0 Å². The van der Waals surface area contributed by atoms with Gasteiger partial charge in [0.15, 0.2) is 0 Å². The first-order valence-electron chi connectivity index (χ1n) is 6.61. The molecule has 2 rings (SSSR count). The number of nitrogens with zero attached hydrogens (tertiary/aromatic N) is 1. The topological polar surface area (TPSA) is 24.9 Å². The molecule has 1 aromatic heterocycles. The van der Waals surface area contributed by atoms with Gasteiger partial charge in [-0.05, 0) is 52.9 Å². The van der Waals surface area contributed by atoms with Crippen molar-refractivity contribution in [1.29, 1.82) is 0 Å². The summed E-state index contributed by atoms with van der Waals surface area (Å²) in [6, 6.07) is 13.2. The first-order valence-corrected chi connectivity index (χ1v) is 7.41. The maximum absolute atomic E-state index is 4.33. The van der Waals surface area contributed by atoms with Crippen molar-refractivity contribution < 1.29 is 0 Å². The second kappa shape index (κ2) is 6.71. The Morgan fingerprint density at radius 2 is 2.00 bits per heavy atom. The number of benzene rings is 1. The fourth-order valence-electron chi connectivity index (χ4n) is 2.07. The Bertz CT molecular complexity index is 526. The van der Waals surface area contributed by atoms with Crippen LogP contribution in [0.15, 0.2) is 47.2 Å². The van der Waals surface area contributed by atoms with E-state index in [0.717, 1.165) is 28.7 Å². The number of pyridine rings is 1. The van der Waals surface area contributed by atoms with Crippen LogP contribution in [0.1, 0.15) is 24.5 Å². The Balaban J connectivity index is 2.04. The summed E-state index contributed by atoms with van der Waals surface area (Å²) in [7, 11) is 0. The number of hydrogen-bond acceptors (Lipinski definition) is 2. The molecule has 1 atom stereocenters. The van der Waals surface area contributed by atoms with Crippen LogP contribution in [0.25, 0.3) is 0 Å². The minimum atomic E-state index is 0.435. The molecule has 3 heteroatoms. The second-order valence-corrected chi connectivity index (χ2v) is 5.52. The molecule has 0 radical (unpaired) electrons. The van der Waals surface area contributed by atoms with E-state index in [9.17, 15) is 0 Å². The molecule has 0 aliphatic carbocycles. The molecule has 0 bridgehead atoms. The molecule has 1 N–H and O–H groups in total. The number of anilines is 1. The van der Waals surface area contributed by atoms with Crippen LogP contribution in [0.4, 0.5) is 5.69 Å². The molecule has 0 spiro atoms. The van der Waals surface area contributed by atoms with Crippen molar-refractivity contribution in [1.82, 2.24) is 4.98 Å². The summed E-state index contributed by atoms with van der Waals surface area (Å²) in [5, 5.41) is 3.56. The number of halogens is 1. The molecule has 0 amide bonds. The first kappa shape index (κ1) is 14.1. The molecule has 0 aliphatic heterocycles. The third-order valence-corrected chi connectivity index (χ3v) is 4.03. The van der Waals surface area contributed by atoms with E-state index >= 15 is 0 Å². The third-order valence-electron chi connectivity index (χ3n) is 3.20. The third kappa shape index (κ3) is 4.06. The molecule has 100 valence electrons. The number of aromatic nitrogens is 1. The van der Waals surface area contributed by atoms with Gasteiger partial charge in [-0.1, -0.05) is 37.3 Å². The largest absolute Gasteiger partial charge is 0.381 e. The lowest BCUT2D eigenvalue weighted by Gasteiger charge is -2.18. The first-order chi connectivity index (χ1) is 9.19. The average molecular weight is 319 g/mol. The highest BCUT2D eigenvalue weighted by Gasteiger charge is 2.08. The zero-order chi connectivity index (χ0) is 13.7. The van der Waals surface area contributed by atoms with Gasteiger partial charge >= 0.3 is 0 Å².